The van der Waals surface area contributed by atoms with E-state index in [0.29, 0.717) is 45.7 Å². The fourth-order valence-electron chi connectivity index (χ4n) is 9.05. The van der Waals surface area contributed by atoms with Crippen molar-refractivity contribution in [3.63, 3.8) is 0 Å². The highest BCUT2D eigenvalue weighted by Crippen LogP contribution is 2.33. The summed E-state index contributed by atoms with van der Waals surface area (Å²) in [5.41, 5.74) is 3.65. The lowest BCUT2D eigenvalue weighted by Gasteiger charge is -2.21. The number of aromatic nitrogens is 8. The summed E-state index contributed by atoms with van der Waals surface area (Å²) in [6, 6.07) is 14.4. The van der Waals surface area contributed by atoms with Crippen LogP contribution < -0.4 is 16.4 Å². The number of ether oxygens (including phenoxy) is 2. The molecule has 4 aliphatic rings. The first kappa shape index (κ1) is 43.3. The number of H-pyrrole nitrogens is 2. The molecule has 0 saturated carbocycles. The van der Waals surface area contributed by atoms with Gasteiger partial charge in [-0.15, -0.1) is 0 Å². The average molecular weight is 853 g/mol. The number of aldehydes is 1. The number of aromatic amines is 2. The topological polar surface area (TPSA) is 186 Å². The number of nitrogens with one attached hydrogen (secondary N) is 3. The average Bonchev–Trinajstić information content (AvgIpc) is 4.14. The van der Waals surface area contributed by atoms with E-state index in [-0.39, 0.29) is 28.9 Å². The molecule has 17 nitrogen and oxygen atoms in total. The Labute approximate surface area is 364 Å². The third kappa shape index (κ3) is 9.82. The summed E-state index contributed by atoms with van der Waals surface area (Å²) < 4.78 is 14.4. The lowest BCUT2D eigenvalue weighted by Crippen LogP contribution is -2.24. The predicted octanol–water partition coefficient (Wildman–Crippen LogP) is 5.78. The number of hydrogen-bond acceptors (Lipinski definition) is 11. The van der Waals surface area contributed by atoms with Crippen molar-refractivity contribution in [2.75, 3.05) is 52.6 Å². The van der Waals surface area contributed by atoms with Crippen LogP contribution in [0, 0.1) is 25.0 Å². The molecule has 8 heterocycles. The minimum atomic E-state index is -0.133. The number of hydrogen-bond donors (Lipinski definition) is 3. The van der Waals surface area contributed by atoms with Crippen molar-refractivity contribution in [1.82, 2.24) is 49.4 Å². The van der Waals surface area contributed by atoms with Gasteiger partial charge < -0.3 is 24.8 Å². The van der Waals surface area contributed by atoms with Crippen molar-refractivity contribution < 1.29 is 14.3 Å². The zero-order valence-electron chi connectivity index (χ0n) is 35.6. The van der Waals surface area contributed by atoms with Crippen molar-refractivity contribution in [2.24, 2.45) is 11.8 Å². The normalized spacial score (nSPS) is 21.8. The number of fused-ring (bicyclic) bond motifs is 2. The van der Waals surface area contributed by atoms with E-state index >= 15 is 0 Å². The molecule has 4 saturated heterocycles. The zero-order chi connectivity index (χ0) is 43.9. The quantitative estimate of drug-likeness (QED) is 0.131. The molecule has 0 amide bonds. The SMILES string of the molecule is CC1CNCC1c1nn2c(C3CCOCC3)ncc2c(=O)[nH]1.[C-]#[N+]c1cccc(C=O)c1.[C-]#[N+]c1cccc(CN2CC(C)C(c3nn4c(C5CCOCC5)ncc4c(=O)[nH]3)C2)c1. The van der Waals surface area contributed by atoms with Gasteiger partial charge in [0.25, 0.3) is 11.1 Å². The van der Waals surface area contributed by atoms with Crippen LogP contribution in [0.25, 0.3) is 20.7 Å². The molecule has 0 spiro atoms. The van der Waals surface area contributed by atoms with E-state index in [1.165, 1.54) is 0 Å². The van der Waals surface area contributed by atoms with E-state index in [1.807, 2.05) is 18.2 Å². The molecular weight excluding hydrogens is 801 g/mol. The van der Waals surface area contributed by atoms with Gasteiger partial charge in [0.15, 0.2) is 22.4 Å². The zero-order valence-corrected chi connectivity index (χ0v) is 35.6. The summed E-state index contributed by atoms with van der Waals surface area (Å²) >= 11 is 0. The van der Waals surface area contributed by atoms with Crippen molar-refractivity contribution in [3.8, 4) is 0 Å². The molecule has 4 unspecified atom stereocenters. The third-order valence-corrected chi connectivity index (χ3v) is 12.6. The number of imidazole rings is 2. The maximum Gasteiger partial charge on any atom is 0.276 e. The maximum atomic E-state index is 12.8. The Morgan fingerprint density at radius 1 is 0.730 bits per heavy atom. The molecule has 4 aliphatic heterocycles. The number of carbonyl (C=O) groups excluding carboxylic acids is 1. The van der Waals surface area contributed by atoms with E-state index in [4.69, 9.17) is 32.8 Å². The number of benzene rings is 2. The van der Waals surface area contributed by atoms with E-state index in [9.17, 15) is 14.4 Å². The van der Waals surface area contributed by atoms with Gasteiger partial charge in [-0.25, -0.2) is 28.7 Å². The van der Waals surface area contributed by atoms with Crippen molar-refractivity contribution in [2.45, 2.75) is 69.7 Å². The molecule has 0 radical (unpaired) electrons. The highest BCUT2D eigenvalue weighted by molar-refractivity contribution is 5.77. The minimum Gasteiger partial charge on any atom is -0.381 e. The van der Waals surface area contributed by atoms with E-state index < -0.39 is 0 Å². The molecule has 0 aliphatic carbocycles. The molecule has 4 fully saturated rings. The van der Waals surface area contributed by atoms with Crippen LogP contribution in [0.15, 0.2) is 70.5 Å². The van der Waals surface area contributed by atoms with E-state index in [2.05, 4.69) is 59.8 Å². The van der Waals surface area contributed by atoms with Gasteiger partial charge in [0.05, 0.1) is 25.5 Å². The Balaban J connectivity index is 0.000000147. The van der Waals surface area contributed by atoms with Crippen LogP contribution in [0.3, 0.4) is 0 Å². The molecule has 63 heavy (non-hydrogen) atoms. The summed E-state index contributed by atoms with van der Waals surface area (Å²) in [5.74, 6) is 5.06. The van der Waals surface area contributed by atoms with Crippen LogP contribution in [-0.4, -0.2) is 103 Å². The monoisotopic (exact) mass is 852 g/mol. The van der Waals surface area contributed by atoms with Crippen molar-refractivity contribution in [3.05, 3.63) is 139 Å². The Morgan fingerprint density at radius 3 is 1.83 bits per heavy atom. The highest BCUT2D eigenvalue weighted by Gasteiger charge is 2.34. The summed E-state index contributed by atoms with van der Waals surface area (Å²) in [6.07, 6.45) is 7.68. The molecule has 4 aromatic heterocycles. The van der Waals surface area contributed by atoms with Crippen molar-refractivity contribution >= 4 is 28.7 Å². The van der Waals surface area contributed by atoms with Gasteiger partial charge in [0.1, 0.15) is 29.6 Å². The Hall–Kier alpha value is -6.37. The first-order valence-electron chi connectivity index (χ1n) is 21.7. The van der Waals surface area contributed by atoms with Crippen LogP contribution in [0.1, 0.15) is 102 Å². The Bertz CT molecular complexity index is 2750. The van der Waals surface area contributed by atoms with Gasteiger partial charge >= 0.3 is 0 Å². The minimum absolute atomic E-state index is 0.102. The second-order valence-corrected chi connectivity index (χ2v) is 16.9. The summed E-state index contributed by atoms with van der Waals surface area (Å²) in [4.78, 5) is 59.4. The maximum absolute atomic E-state index is 12.8. The fourth-order valence-corrected chi connectivity index (χ4v) is 9.05. The van der Waals surface area contributed by atoms with Crippen LogP contribution in [0.5, 0.6) is 0 Å². The molecule has 17 heteroatoms. The van der Waals surface area contributed by atoms with Crippen LogP contribution in [0.4, 0.5) is 11.4 Å². The van der Waals surface area contributed by atoms with Gasteiger partial charge in [-0.1, -0.05) is 56.3 Å². The summed E-state index contributed by atoms with van der Waals surface area (Å²) in [7, 11) is 0. The fraction of sp³-hybridized carbons (Fsp3) is 0.457. The molecule has 6 aromatic rings. The third-order valence-electron chi connectivity index (χ3n) is 12.6. The van der Waals surface area contributed by atoms with Gasteiger partial charge in [0, 0.05) is 81.8 Å². The smallest absolute Gasteiger partial charge is 0.276 e. The number of carbonyl (C=O) groups is 1. The first-order valence-corrected chi connectivity index (χ1v) is 21.7. The summed E-state index contributed by atoms with van der Waals surface area (Å²) in [5, 5.41) is 12.9. The molecule has 4 atom stereocenters. The Kier molecular flexibility index (Phi) is 13.6. The van der Waals surface area contributed by atoms with Crippen molar-refractivity contribution in [1.29, 1.82) is 0 Å². The predicted molar refractivity (Wildman–Crippen MR) is 236 cm³/mol. The first-order chi connectivity index (χ1) is 30.7. The molecule has 10 rings (SSSR count). The number of rotatable bonds is 7. The number of nitrogens with zero attached hydrogens (tertiary/aromatic N) is 9. The van der Waals surface area contributed by atoms with Gasteiger partial charge in [-0.2, -0.15) is 10.2 Å². The molecule has 0 bridgehead atoms. The molecular formula is C46H52N12O5. The molecule has 2 aromatic carbocycles. The van der Waals surface area contributed by atoms with Crippen LogP contribution in [-0.2, 0) is 16.0 Å². The molecule has 3 N–H and O–H groups in total. The highest BCUT2D eigenvalue weighted by atomic mass is 16.5. The van der Waals surface area contributed by atoms with E-state index in [1.54, 1.807) is 45.7 Å². The second-order valence-electron chi connectivity index (χ2n) is 16.9. The summed E-state index contributed by atoms with van der Waals surface area (Å²) in [6.45, 7) is 25.5. The van der Waals surface area contributed by atoms with Crippen LogP contribution in [0.2, 0.25) is 0 Å². The van der Waals surface area contributed by atoms with Gasteiger partial charge in [-0.05, 0) is 55.7 Å². The van der Waals surface area contributed by atoms with Gasteiger partial charge in [-0.3, -0.25) is 19.3 Å². The standard InChI is InChI=1S/C23H26N6O2.C15H21N5O2.C8H5NO/c1-15-12-28(13-16-4-3-5-18(10-16)24-2)14-19(15)21-26-23(30)20-11-25-22(29(20)27-21)17-6-8-31-9-7-17;1-9-6-16-7-11(9)13-18-15(21)12-8-17-14(20(12)19-13)10-2-4-22-5-3-10;1-9-8-4-2-3-7(5-8)6-10/h3-5,10-11,15,17,19H,6-9,12-14H2,1H3,(H,26,27,30);8-11,16H,2-7H2,1H3,(H,18,19,21);2-6H. The largest absolute Gasteiger partial charge is 0.381 e. The lowest BCUT2D eigenvalue weighted by atomic mass is 9.97. The van der Waals surface area contributed by atoms with E-state index in [0.717, 1.165) is 120 Å². The van der Waals surface area contributed by atoms with Crippen LogP contribution >= 0.6 is 0 Å². The second kappa shape index (κ2) is 19.8. The lowest BCUT2D eigenvalue weighted by molar-refractivity contribution is 0.0831. The number of likely N-dealkylation sites (tertiary alicyclic amines) is 1. The molecule has 326 valence electrons. The van der Waals surface area contributed by atoms with Gasteiger partial charge in [0.2, 0.25) is 0 Å². The Morgan fingerprint density at radius 2 is 1.29 bits per heavy atom.